The van der Waals surface area contributed by atoms with Crippen molar-refractivity contribution in [1.82, 2.24) is 4.57 Å². The lowest BCUT2D eigenvalue weighted by atomic mass is 10.1. The first kappa shape index (κ1) is 14.2. The van der Waals surface area contributed by atoms with Crippen LogP contribution in [0.15, 0.2) is 76.7 Å². The Labute approximate surface area is 146 Å². The fourth-order valence-corrected chi connectivity index (χ4v) is 3.65. The second-order valence-electron chi connectivity index (χ2n) is 6.44. The van der Waals surface area contributed by atoms with Crippen molar-refractivity contribution in [3.05, 3.63) is 77.9 Å². The van der Waals surface area contributed by atoms with Crippen molar-refractivity contribution in [2.45, 2.75) is 13.1 Å². The molecule has 3 nitrogen and oxygen atoms in total. The van der Waals surface area contributed by atoms with Crippen molar-refractivity contribution in [3.8, 4) is 5.69 Å². The number of aliphatic imine (C=N–C) groups is 2. The monoisotopic (exact) mass is 323 g/mol. The summed E-state index contributed by atoms with van der Waals surface area (Å²) in [5, 5.41) is 2.50. The van der Waals surface area contributed by atoms with Gasteiger partial charge in [-0.15, -0.1) is 0 Å². The topological polar surface area (TPSA) is 29.6 Å². The summed E-state index contributed by atoms with van der Waals surface area (Å²) >= 11 is 0. The van der Waals surface area contributed by atoms with Gasteiger partial charge in [0.2, 0.25) is 0 Å². The van der Waals surface area contributed by atoms with E-state index in [2.05, 4.69) is 88.2 Å². The van der Waals surface area contributed by atoms with Gasteiger partial charge in [-0.2, -0.15) is 0 Å². The smallest absolute Gasteiger partial charge is 0.165 e. The number of rotatable bonds is 2. The van der Waals surface area contributed by atoms with Crippen LogP contribution in [0.4, 0.5) is 0 Å². The van der Waals surface area contributed by atoms with Crippen LogP contribution in [-0.4, -0.2) is 17.0 Å². The van der Waals surface area contributed by atoms with E-state index >= 15 is 0 Å². The average molecular weight is 323 g/mol. The van der Waals surface area contributed by atoms with Crippen LogP contribution in [-0.2, 0) is 0 Å². The molecule has 0 saturated carbocycles. The standard InChI is InChI=1S/C22H17N3/c1-15-5-4-6-17(13-15)25-20-8-3-2-7-18(20)19-14-16(9-10-21(19)25)22-23-11-12-24-22/h2-14,22H,1H3. The van der Waals surface area contributed by atoms with Crippen LogP contribution < -0.4 is 0 Å². The number of nitrogens with zero attached hydrogens (tertiary/aromatic N) is 3. The van der Waals surface area contributed by atoms with Gasteiger partial charge in [-0.05, 0) is 48.4 Å². The van der Waals surface area contributed by atoms with Gasteiger partial charge in [-0.25, -0.2) is 0 Å². The molecule has 0 radical (unpaired) electrons. The normalized spacial score (nSPS) is 14.1. The highest BCUT2D eigenvalue weighted by Gasteiger charge is 2.15. The van der Waals surface area contributed by atoms with Gasteiger partial charge in [0.05, 0.1) is 11.0 Å². The molecule has 0 atom stereocenters. The van der Waals surface area contributed by atoms with Crippen LogP contribution in [0.1, 0.15) is 17.3 Å². The van der Waals surface area contributed by atoms with E-state index in [9.17, 15) is 0 Å². The minimum absolute atomic E-state index is 0.106. The zero-order chi connectivity index (χ0) is 16.8. The SMILES string of the molecule is Cc1cccc(-n2c3ccccc3c3cc(C4N=CC=N4)ccc32)c1. The Bertz CT molecular complexity index is 1150. The molecule has 25 heavy (non-hydrogen) atoms. The zero-order valence-corrected chi connectivity index (χ0v) is 13.9. The Morgan fingerprint density at radius 1 is 0.760 bits per heavy atom. The van der Waals surface area contributed by atoms with E-state index in [1.54, 1.807) is 12.4 Å². The van der Waals surface area contributed by atoms with E-state index in [1.165, 1.54) is 33.1 Å². The number of aromatic nitrogens is 1. The second-order valence-corrected chi connectivity index (χ2v) is 6.44. The molecule has 0 unspecified atom stereocenters. The van der Waals surface area contributed by atoms with E-state index in [4.69, 9.17) is 0 Å². The predicted molar refractivity (Wildman–Crippen MR) is 105 cm³/mol. The summed E-state index contributed by atoms with van der Waals surface area (Å²) < 4.78 is 2.34. The van der Waals surface area contributed by atoms with Crippen molar-refractivity contribution in [2.24, 2.45) is 9.98 Å². The molecule has 0 fully saturated rings. The average Bonchev–Trinajstić information content (AvgIpc) is 3.27. The van der Waals surface area contributed by atoms with Gasteiger partial charge in [0.1, 0.15) is 0 Å². The molecule has 0 aliphatic carbocycles. The van der Waals surface area contributed by atoms with E-state index in [-0.39, 0.29) is 6.17 Å². The van der Waals surface area contributed by atoms with Crippen molar-refractivity contribution >= 4 is 34.2 Å². The molecule has 3 aromatic carbocycles. The van der Waals surface area contributed by atoms with Gasteiger partial charge >= 0.3 is 0 Å². The highest BCUT2D eigenvalue weighted by Crippen LogP contribution is 2.34. The number of aryl methyl sites for hydroxylation is 1. The number of hydrogen-bond donors (Lipinski definition) is 0. The van der Waals surface area contributed by atoms with Crippen LogP contribution in [0.2, 0.25) is 0 Å². The van der Waals surface area contributed by atoms with Gasteiger partial charge in [0.25, 0.3) is 0 Å². The Hall–Kier alpha value is -3.20. The van der Waals surface area contributed by atoms with Gasteiger partial charge < -0.3 is 4.57 Å². The summed E-state index contributed by atoms with van der Waals surface area (Å²) in [4.78, 5) is 8.83. The molecule has 4 aromatic rings. The highest BCUT2D eigenvalue weighted by molar-refractivity contribution is 6.17. The van der Waals surface area contributed by atoms with E-state index in [1.807, 2.05) is 0 Å². The molecule has 0 bridgehead atoms. The number of para-hydroxylation sites is 1. The summed E-state index contributed by atoms with van der Waals surface area (Å²) in [5.41, 5.74) is 6.01. The first-order chi connectivity index (χ1) is 12.3. The summed E-state index contributed by atoms with van der Waals surface area (Å²) in [7, 11) is 0. The fourth-order valence-electron chi connectivity index (χ4n) is 3.65. The quantitative estimate of drug-likeness (QED) is 0.482. The minimum Gasteiger partial charge on any atom is -0.309 e. The van der Waals surface area contributed by atoms with Crippen molar-refractivity contribution in [3.63, 3.8) is 0 Å². The molecule has 0 spiro atoms. The van der Waals surface area contributed by atoms with Crippen LogP contribution >= 0.6 is 0 Å². The predicted octanol–water partition coefficient (Wildman–Crippen LogP) is 5.25. The number of fused-ring (bicyclic) bond motifs is 3. The van der Waals surface area contributed by atoms with Gasteiger partial charge in [-0.1, -0.05) is 36.4 Å². The third-order valence-corrected chi connectivity index (χ3v) is 4.78. The van der Waals surface area contributed by atoms with Crippen LogP contribution in [0, 0.1) is 6.92 Å². The van der Waals surface area contributed by atoms with Crippen molar-refractivity contribution in [2.75, 3.05) is 0 Å². The molecule has 1 aliphatic rings. The van der Waals surface area contributed by atoms with Crippen molar-refractivity contribution < 1.29 is 0 Å². The number of benzene rings is 3. The van der Waals surface area contributed by atoms with E-state index < -0.39 is 0 Å². The third-order valence-electron chi connectivity index (χ3n) is 4.78. The molecule has 0 saturated heterocycles. The number of hydrogen-bond acceptors (Lipinski definition) is 2. The van der Waals surface area contributed by atoms with Crippen molar-refractivity contribution in [1.29, 1.82) is 0 Å². The Morgan fingerprint density at radius 2 is 1.56 bits per heavy atom. The molecule has 2 heterocycles. The maximum Gasteiger partial charge on any atom is 0.165 e. The summed E-state index contributed by atoms with van der Waals surface area (Å²) in [6, 6.07) is 23.8. The molecular weight excluding hydrogens is 306 g/mol. The lowest BCUT2D eigenvalue weighted by Gasteiger charge is -2.09. The molecule has 1 aliphatic heterocycles. The molecular formula is C22H17N3. The first-order valence-electron chi connectivity index (χ1n) is 8.46. The summed E-state index contributed by atoms with van der Waals surface area (Å²) in [5.74, 6) is 0. The summed E-state index contributed by atoms with van der Waals surface area (Å²) in [6.07, 6.45) is 3.43. The maximum absolute atomic E-state index is 4.42. The Kier molecular flexibility index (Phi) is 3.07. The minimum atomic E-state index is -0.106. The zero-order valence-electron chi connectivity index (χ0n) is 13.9. The van der Waals surface area contributed by atoms with Gasteiger partial charge in [0.15, 0.2) is 6.17 Å². The highest BCUT2D eigenvalue weighted by atomic mass is 15.0. The lowest BCUT2D eigenvalue weighted by molar-refractivity contribution is 0.803. The van der Waals surface area contributed by atoms with Gasteiger partial charge in [0, 0.05) is 28.9 Å². The first-order valence-corrected chi connectivity index (χ1v) is 8.46. The van der Waals surface area contributed by atoms with Gasteiger partial charge in [-0.3, -0.25) is 9.98 Å². The lowest BCUT2D eigenvalue weighted by Crippen LogP contribution is -1.94. The van der Waals surface area contributed by atoms with E-state index in [0.29, 0.717) is 0 Å². The second kappa shape index (κ2) is 5.42. The third kappa shape index (κ3) is 2.20. The molecule has 0 N–H and O–H groups in total. The largest absolute Gasteiger partial charge is 0.309 e. The molecule has 120 valence electrons. The maximum atomic E-state index is 4.42. The van der Waals surface area contributed by atoms with Crippen LogP contribution in [0.5, 0.6) is 0 Å². The fraction of sp³-hybridized carbons (Fsp3) is 0.0909. The van der Waals surface area contributed by atoms with E-state index in [0.717, 1.165) is 5.56 Å². The Balaban J connectivity index is 1.84. The molecule has 3 heteroatoms. The van der Waals surface area contributed by atoms with Crippen LogP contribution in [0.3, 0.4) is 0 Å². The molecule has 0 amide bonds. The Morgan fingerprint density at radius 3 is 2.40 bits per heavy atom. The van der Waals surface area contributed by atoms with Crippen LogP contribution in [0.25, 0.3) is 27.5 Å². The summed E-state index contributed by atoms with van der Waals surface area (Å²) in [6.45, 7) is 2.13. The molecule has 1 aromatic heterocycles. The molecule has 5 rings (SSSR count).